The summed E-state index contributed by atoms with van der Waals surface area (Å²) in [4.78, 5) is 2.48. The van der Waals surface area contributed by atoms with Crippen molar-refractivity contribution < 1.29 is 5.11 Å². The molecule has 1 aliphatic heterocycles. The summed E-state index contributed by atoms with van der Waals surface area (Å²) in [5.41, 5.74) is 0. The van der Waals surface area contributed by atoms with Crippen molar-refractivity contribution in [1.29, 1.82) is 0 Å². The van der Waals surface area contributed by atoms with Gasteiger partial charge in [-0.15, -0.1) is 0 Å². The summed E-state index contributed by atoms with van der Waals surface area (Å²) in [5.74, 6) is 0. The number of nitrogens with zero attached hydrogens (tertiary/aromatic N) is 1. The number of aliphatic hydroxyl groups is 1. The second kappa shape index (κ2) is 6.38. The minimum absolute atomic E-state index is 0.253. The number of hydrogen-bond acceptors (Lipinski definition) is 3. The second-order valence-corrected chi connectivity index (χ2v) is 4.32. The molecular weight excluding hydrogens is 176 g/mol. The van der Waals surface area contributed by atoms with Gasteiger partial charge in [0.25, 0.3) is 0 Å². The van der Waals surface area contributed by atoms with Gasteiger partial charge in [0.15, 0.2) is 0 Å². The molecular formula is C11H24N2O. The fourth-order valence-electron chi connectivity index (χ4n) is 2.08. The monoisotopic (exact) mass is 200 g/mol. The maximum atomic E-state index is 9.21. The Labute approximate surface area is 87.5 Å². The number of aliphatic hydroxyl groups excluding tert-OH is 1. The lowest BCUT2D eigenvalue weighted by atomic mass is 10.2. The number of rotatable bonds is 6. The van der Waals surface area contributed by atoms with E-state index in [-0.39, 0.29) is 12.6 Å². The smallest absolute Gasteiger partial charge is 0.0597 e. The highest BCUT2D eigenvalue weighted by molar-refractivity contribution is 4.79. The highest BCUT2D eigenvalue weighted by Gasteiger charge is 2.22. The molecule has 0 aromatic rings. The zero-order valence-corrected chi connectivity index (χ0v) is 9.50. The Hall–Kier alpha value is -0.120. The molecule has 2 atom stereocenters. The Morgan fingerprint density at radius 2 is 2.36 bits per heavy atom. The minimum Gasteiger partial charge on any atom is -0.395 e. The molecule has 2 unspecified atom stereocenters. The van der Waals surface area contributed by atoms with Crippen LogP contribution < -0.4 is 5.32 Å². The third kappa shape index (κ3) is 3.56. The van der Waals surface area contributed by atoms with Crippen LogP contribution in [0.4, 0.5) is 0 Å². The summed E-state index contributed by atoms with van der Waals surface area (Å²) >= 11 is 0. The van der Waals surface area contributed by atoms with E-state index in [0.29, 0.717) is 6.04 Å². The van der Waals surface area contributed by atoms with E-state index in [0.717, 1.165) is 19.5 Å². The normalized spacial score (nSPS) is 25.5. The molecule has 0 aliphatic carbocycles. The molecule has 1 rings (SSSR count). The van der Waals surface area contributed by atoms with Crippen LogP contribution in [-0.4, -0.2) is 48.3 Å². The van der Waals surface area contributed by atoms with Crippen molar-refractivity contribution in [3.63, 3.8) is 0 Å². The van der Waals surface area contributed by atoms with Crippen molar-refractivity contribution in [3.05, 3.63) is 0 Å². The van der Waals surface area contributed by atoms with Gasteiger partial charge < -0.3 is 10.4 Å². The Morgan fingerprint density at radius 3 is 2.86 bits per heavy atom. The predicted octanol–water partition coefficient (Wildman–Crippen LogP) is 0.831. The fourth-order valence-corrected chi connectivity index (χ4v) is 2.08. The lowest BCUT2D eigenvalue weighted by molar-refractivity contribution is 0.178. The summed E-state index contributed by atoms with van der Waals surface area (Å²) in [6.07, 6.45) is 3.76. The Bertz CT molecular complexity index is 152. The first-order chi connectivity index (χ1) is 6.77. The van der Waals surface area contributed by atoms with Crippen LogP contribution in [0.2, 0.25) is 0 Å². The van der Waals surface area contributed by atoms with Gasteiger partial charge in [-0.3, -0.25) is 4.90 Å². The summed E-state index contributed by atoms with van der Waals surface area (Å²) in [5, 5.41) is 12.6. The molecule has 0 radical (unpaired) electrons. The largest absolute Gasteiger partial charge is 0.395 e. The molecule has 1 aliphatic rings. The van der Waals surface area contributed by atoms with E-state index in [4.69, 9.17) is 0 Å². The van der Waals surface area contributed by atoms with Crippen LogP contribution in [0.25, 0.3) is 0 Å². The molecule has 0 bridgehead atoms. The van der Waals surface area contributed by atoms with E-state index in [1.54, 1.807) is 0 Å². The molecule has 84 valence electrons. The molecule has 3 heteroatoms. The second-order valence-electron chi connectivity index (χ2n) is 4.32. The first kappa shape index (κ1) is 12.0. The summed E-state index contributed by atoms with van der Waals surface area (Å²) in [6.45, 7) is 7.89. The Morgan fingerprint density at radius 1 is 1.57 bits per heavy atom. The van der Waals surface area contributed by atoms with Gasteiger partial charge in [0.05, 0.1) is 6.61 Å². The van der Waals surface area contributed by atoms with Crippen molar-refractivity contribution in [2.24, 2.45) is 0 Å². The van der Waals surface area contributed by atoms with E-state index < -0.39 is 0 Å². The first-order valence-electron chi connectivity index (χ1n) is 5.86. The fraction of sp³-hybridized carbons (Fsp3) is 1.00. The van der Waals surface area contributed by atoms with Gasteiger partial charge in [0.1, 0.15) is 0 Å². The van der Waals surface area contributed by atoms with Crippen LogP contribution in [0.3, 0.4) is 0 Å². The molecule has 0 saturated carbocycles. The van der Waals surface area contributed by atoms with Crippen LogP contribution >= 0.6 is 0 Å². The van der Waals surface area contributed by atoms with Crippen molar-refractivity contribution >= 4 is 0 Å². The summed E-state index contributed by atoms with van der Waals surface area (Å²) < 4.78 is 0. The molecule has 14 heavy (non-hydrogen) atoms. The molecule has 1 saturated heterocycles. The number of likely N-dealkylation sites (tertiary alicyclic amines) is 1. The number of hydrogen-bond donors (Lipinski definition) is 2. The van der Waals surface area contributed by atoms with E-state index in [2.05, 4.69) is 24.1 Å². The quantitative estimate of drug-likeness (QED) is 0.667. The van der Waals surface area contributed by atoms with Crippen molar-refractivity contribution in [2.45, 2.75) is 45.2 Å². The van der Waals surface area contributed by atoms with Gasteiger partial charge in [-0.2, -0.15) is 0 Å². The molecule has 1 heterocycles. The summed E-state index contributed by atoms with van der Waals surface area (Å²) in [7, 11) is 0. The van der Waals surface area contributed by atoms with Gasteiger partial charge in [-0.05, 0) is 39.3 Å². The zero-order chi connectivity index (χ0) is 10.4. The van der Waals surface area contributed by atoms with Crippen LogP contribution in [0.5, 0.6) is 0 Å². The maximum absolute atomic E-state index is 9.21. The van der Waals surface area contributed by atoms with Gasteiger partial charge in [0, 0.05) is 18.6 Å². The van der Waals surface area contributed by atoms with Crippen molar-refractivity contribution in [3.8, 4) is 0 Å². The molecule has 0 aromatic heterocycles. The standard InChI is InChI=1S/C11H24N2O/c1-3-6-12-11(9-14)8-13-7-4-5-10(13)2/h10-12,14H,3-9H2,1-2H3. The van der Waals surface area contributed by atoms with E-state index in [1.807, 2.05) is 0 Å². The van der Waals surface area contributed by atoms with Gasteiger partial charge in [0.2, 0.25) is 0 Å². The van der Waals surface area contributed by atoms with Crippen LogP contribution in [-0.2, 0) is 0 Å². The predicted molar refractivity (Wildman–Crippen MR) is 59.4 cm³/mol. The van der Waals surface area contributed by atoms with E-state index in [1.165, 1.54) is 19.4 Å². The first-order valence-corrected chi connectivity index (χ1v) is 5.86. The maximum Gasteiger partial charge on any atom is 0.0597 e. The van der Waals surface area contributed by atoms with Gasteiger partial charge >= 0.3 is 0 Å². The van der Waals surface area contributed by atoms with Crippen molar-refractivity contribution in [1.82, 2.24) is 10.2 Å². The zero-order valence-electron chi connectivity index (χ0n) is 9.50. The highest BCUT2D eigenvalue weighted by atomic mass is 16.3. The lowest BCUT2D eigenvalue weighted by Gasteiger charge is -2.26. The van der Waals surface area contributed by atoms with Crippen LogP contribution in [0.15, 0.2) is 0 Å². The molecule has 0 aromatic carbocycles. The lowest BCUT2D eigenvalue weighted by Crippen LogP contribution is -2.44. The topological polar surface area (TPSA) is 35.5 Å². The molecule has 0 spiro atoms. The highest BCUT2D eigenvalue weighted by Crippen LogP contribution is 2.16. The third-order valence-electron chi connectivity index (χ3n) is 3.05. The molecule has 0 amide bonds. The Kier molecular flexibility index (Phi) is 5.45. The number of nitrogens with one attached hydrogen (secondary N) is 1. The van der Waals surface area contributed by atoms with E-state index >= 15 is 0 Å². The Balaban J connectivity index is 2.24. The third-order valence-corrected chi connectivity index (χ3v) is 3.05. The molecule has 1 fully saturated rings. The van der Waals surface area contributed by atoms with Crippen LogP contribution in [0.1, 0.15) is 33.1 Å². The van der Waals surface area contributed by atoms with Crippen LogP contribution in [0, 0.1) is 0 Å². The minimum atomic E-state index is 0.253. The van der Waals surface area contributed by atoms with E-state index in [9.17, 15) is 5.11 Å². The average molecular weight is 200 g/mol. The van der Waals surface area contributed by atoms with Gasteiger partial charge in [-0.1, -0.05) is 6.92 Å². The average Bonchev–Trinajstić information content (AvgIpc) is 2.59. The molecule has 2 N–H and O–H groups in total. The van der Waals surface area contributed by atoms with Gasteiger partial charge in [-0.25, -0.2) is 0 Å². The SMILES string of the molecule is CCCNC(CO)CN1CCCC1C. The van der Waals surface area contributed by atoms with Crippen molar-refractivity contribution in [2.75, 3.05) is 26.2 Å². The molecule has 3 nitrogen and oxygen atoms in total. The summed E-state index contributed by atoms with van der Waals surface area (Å²) in [6, 6.07) is 0.961.